The molecule has 0 aliphatic heterocycles. The number of carboxylic acids is 1. The van der Waals surface area contributed by atoms with Crippen molar-refractivity contribution in [2.24, 2.45) is 0 Å². The Kier molecular flexibility index (Phi) is 7.46. The van der Waals surface area contributed by atoms with Crippen LogP contribution in [0.15, 0.2) is 60.7 Å². The van der Waals surface area contributed by atoms with E-state index in [2.05, 4.69) is 0 Å². The van der Waals surface area contributed by atoms with E-state index < -0.39 is 24.4 Å². The van der Waals surface area contributed by atoms with E-state index in [-0.39, 0.29) is 13.2 Å². The fourth-order valence-electron chi connectivity index (χ4n) is 2.26. The molecule has 0 aliphatic carbocycles. The third-order valence-corrected chi connectivity index (χ3v) is 3.51. The minimum absolute atomic E-state index is 0.0520. The average Bonchev–Trinajstić information content (AvgIpc) is 2.63. The number of nitrogens with two attached hydrogens (primary N) is 1. The number of hydrogen-bond acceptors (Lipinski definition) is 5. The summed E-state index contributed by atoms with van der Waals surface area (Å²) in [6.07, 6.45) is -0.398. The van der Waals surface area contributed by atoms with E-state index in [0.717, 1.165) is 5.56 Å². The maximum absolute atomic E-state index is 12.1. The predicted octanol–water partition coefficient (Wildman–Crippen LogP) is -0.119. The third kappa shape index (κ3) is 7.05. The molecule has 0 heterocycles. The molecule has 0 spiro atoms. The Labute approximate surface area is 146 Å². The van der Waals surface area contributed by atoms with Gasteiger partial charge in [0.1, 0.15) is 25.5 Å². The van der Waals surface area contributed by atoms with E-state index in [4.69, 9.17) is 9.47 Å². The van der Waals surface area contributed by atoms with Crippen LogP contribution in [0.3, 0.4) is 0 Å². The van der Waals surface area contributed by atoms with Gasteiger partial charge in [-0.3, -0.25) is 0 Å². The Morgan fingerprint density at radius 3 is 2.24 bits per heavy atom. The second-order valence-electron chi connectivity index (χ2n) is 5.44. The molecule has 6 heteroatoms. The summed E-state index contributed by atoms with van der Waals surface area (Å²) in [7, 11) is 0. The Morgan fingerprint density at radius 1 is 0.960 bits per heavy atom. The highest BCUT2D eigenvalue weighted by molar-refractivity contribution is 5.79. The highest BCUT2D eigenvalue weighted by Crippen LogP contribution is 2.07. The van der Waals surface area contributed by atoms with E-state index in [0.29, 0.717) is 12.3 Å². The van der Waals surface area contributed by atoms with Crippen molar-refractivity contribution in [1.29, 1.82) is 0 Å². The van der Waals surface area contributed by atoms with Crippen LogP contribution < -0.4 is 15.2 Å². The van der Waals surface area contributed by atoms with Gasteiger partial charge in [-0.05, 0) is 12.1 Å². The minimum Gasteiger partial charge on any atom is -0.550 e. The molecule has 0 radical (unpaired) electrons. The first-order valence-corrected chi connectivity index (χ1v) is 8.06. The van der Waals surface area contributed by atoms with Gasteiger partial charge in [0.15, 0.2) is 6.04 Å². The first-order chi connectivity index (χ1) is 12.1. The highest BCUT2D eigenvalue weighted by atomic mass is 16.6. The highest BCUT2D eigenvalue weighted by Gasteiger charge is 2.23. The van der Waals surface area contributed by atoms with E-state index >= 15 is 0 Å². The molecule has 2 aromatic carbocycles. The van der Waals surface area contributed by atoms with Crippen LogP contribution in [-0.2, 0) is 20.9 Å². The number of hydrogen-bond donors (Lipinski definition) is 1. The summed E-state index contributed by atoms with van der Waals surface area (Å²) in [6.45, 7) is 0.733. The normalized spacial score (nSPS) is 11.5. The maximum Gasteiger partial charge on any atom is 0.365 e. The fraction of sp³-hybridized carbons (Fsp3) is 0.263. The molecule has 1 atom stereocenters. The Morgan fingerprint density at radius 2 is 1.60 bits per heavy atom. The van der Waals surface area contributed by atoms with Crippen molar-refractivity contribution in [2.45, 2.75) is 19.0 Å². The second-order valence-corrected chi connectivity index (χ2v) is 5.44. The van der Waals surface area contributed by atoms with Gasteiger partial charge in [-0.1, -0.05) is 48.5 Å². The third-order valence-electron chi connectivity index (χ3n) is 3.51. The molecule has 6 nitrogen and oxygen atoms in total. The van der Waals surface area contributed by atoms with Crippen LogP contribution >= 0.6 is 0 Å². The Bertz CT molecular complexity index is 660. The summed E-state index contributed by atoms with van der Waals surface area (Å²) in [6, 6.07) is 17.8. The lowest BCUT2D eigenvalue weighted by Crippen LogP contribution is -2.91. The van der Waals surface area contributed by atoms with Crippen molar-refractivity contribution in [2.75, 3.05) is 13.2 Å². The van der Waals surface area contributed by atoms with Crippen LogP contribution in [0, 0.1) is 0 Å². The van der Waals surface area contributed by atoms with Gasteiger partial charge in [-0.2, -0.15) is 0 Å². The average molecular weight is 343 g/mol. The summed E-state index contributed by atoms with van der Waals surface area (Å²) in [5.41, 5.74) is 0.992. The number of aliphatic carboxylic acids is 1. The number of esters is 1. The molecule has 0 aromatic heterocycles. The van der Waals surface area contributed by atoms with Gasteiger partial charge in [-0.15, -0.1) is 0 Å². The zero-order valence-corrected chi connectivity index (χ0v) is 13.8. The number of quaternary nitrogens is 1. The first-order valence-electron chi connectivity index (χ1n) is 8.06. The monoisotopic (exact) mass is 343 g/mol. The van der Waals surface area contributed by atoms with E-state index in [9.17, 15) is 14.7 Å². The maximum atomic E-state index is 12.1. The molecule has 25 heavy (non-hydrogen) atoms. The summed E-state index contributed by atoms with van der Waals surface area (Å²) in [4.78, 5) is 23.0. The fourth-order valence-corrected chi connectivity index (χ4v) is 2.26. The van der Waals surface area contributed by atoms with Crippen LogP contribution in [0.2, 0.25) is 0 Å². The van der Waals surface area contributed by atoms with Crippen molar-refractivity contribution in [1.82, 2.24) is 0 Å². The molecule has 2 aromatic rings. The number of benzene rings is 2. The van der Waals surface area contributed by atoms with E-state index in [1.54, 1.807) is 17.4 Å². The van der Waals surface area contributed by atoms with Crippen molar-refractivity contribution < 1.29 is 29.5 Å². The molecule has 132 valence electrons. The van der Waals surface area contributed by atoms with Gasteiger partial charge >= 0.3 is 5.97 Å². The molecule has 0 aliphatic rings. The number of carbonyl (C=O) groups excluding carboxylic acids is 2. The molecule has 0 bridgehead atoms. The van der Waals surface area contributed by atoms with Crippen LogP contribution in [-0.4, -0.2) is 31.2 Å². The Balaban J connectivity index is 1.77. The molecular formula is C19H21NO5. The number of carbonyl (C=O) groups is 2. The number of rotatable bonds is 10. The van der Waals surface area contributed by atoms with Gasteiger partial charge < -0.3 is 24.7 Å². The zero-order chi connectivity index (χ0) is 17.9. The van der Waals surface area contributed by atoms with Crippen LogP contribution in [0.5, 0.6) is 5.75 Å². The lowest BCUT2D eigenvalue weighted by Gasteiger charge is -2.15. The largest absolute Gasteiger partial charge is 0.550 e. The summed E-state index contributed by atoms with van der Waals surface area (Å²) >= 11 is 0. The van der Waals surface area contributed by atoms with Crippen LogP contribution in [0.25, 0.3) is 0 Å². The number of carboxylic acid groups (broad SMARTS) is 1. The van der Waals surface area contributed by atoms with Gasteiger partial charge in [0, 0.05) is 11.5 Å². The smallest absolute Gasteiger partial charge is 0.365 e. The number of ether oxygens (including phenoxy) is 2. The Hall–Kier alpha value is -2.86. The SMILES string of the molecule is O=C([O-])CC([NH2+]Cc1ccccc1)C(=O)OCCOc1ccccc1. The van der Waals surface area contributed by atoms with Gasteiger partial charge in [0.2, 0.25) is 0 Å². The van der Waals surface area contributed by atoms with Crippen molar-refractivity contribution in [3.05, 3.63) is 66.2 Å². The standard InChI is InChI=1S/C19H21NO5/c21-18(22)13-17(20-14-15-7-3-1-4-8-15)19(23)25-12-11-24-16-9-5-2-6-10-16/h1-10,17,20H,11-14H2,(H,21,22). The van der Waals surface area contributed by atoms with Gasteiger partial charge in [-0.25, -0.2) is 4.79 Å². The molecule has 0 saturated heterocycles. The lowest BCUT2D eigenvalue weighted by molar-refractivity contribution is -0.693. The second kappa shape index (κ2) is 10.1. The van der Waals surface area contributed by atoms with Gasteiger partial charge in [0.25, 0.3) is 0 Å². The van der Waals surface area contributed by atoms with Crippen molar-refractivity contribution in [3.63, 3.8) is 0 Å². The quantitative estimate of drug-likeness (QED) is 0.480. The van der Waals surface area contributed by atoms with Crippen molar-refractivity contribution in [3.8, 4) is 5.75 Å². The zero-order valence-electron chi connectivity index (χ0n) is 13.8. The molecular weight excluding hydrogens is 322 g/mol. The van der Waals surface area contributed by atoms with Gasteiger partial charge in [0.05, 0.1) is 6.42 Å². The molecule has 2 rings (SSSR count). The molecule has 0 saturated carbocycles. The summed E-state index contributed by atoms with van der Waals surface area (Å²) in [5, 5.41) is 12.5. The van der Waals surface area contributed by atoms with Crippen molar-refractivity contribution >= 4 is 11.9 Å². The molecule has 1 unspecified atom stereocenters. The predicted molar refractivity (Wildman–Crippen MR) is 88.4 cm³/mol. The van der Waals surface area contributed by atoms with E-state index in [1.807, 2.05) is 48.5 Å². The molecule has 0 fully saturated rings. The molecule has 2 N–H and O–H groups in total. The topological polar surface area (TPSA) is 92.3 Å². The minimum atomic E-state index is -1.29. The van der Waals surface area contributed by atoms with Crippen LogP contribution in [0.1, 0.15) is 12.0 Å². The first kappa shape index (κ1) is 18.5. The summed E-state index contributed by atoms with van der Waals surface area (Å²) < 4.78 is 10.6. The lowest BCUT2D eigenvalue weighted by atomic mass is 10.1. The molecule has 0 amide bonds. The van der Waals surface area contributed by atoms with E-state index in [1.165, 1.54) is 0 Å². The number of para-hydroxylation sites is 1. The van der Waals surface area contributed by atoms with Crippen LogP contribution in [0.4, 0.5) is 0 Å². The summed E-state index contributed by atoms with van der Waals surface area (Å²) in [5.74, 6) is -1.19.